The Morgan fingerprint density at radius 1 is 1.32 bits per heavy atom. The predicted molar refractivity (Wildman–Crippen MR) is 91.0 cm³/mol. The number of halogens is 1. The summed E-state index contributed by atoms with van der Waals surface area (Å²) in [5, 5.41) is 4.07. The number of amides is 1. The number of fused-ring (bicyclic) bond motifs is 1. The van der Waals surface area contributed by atoms with Gasteiger partial charge in [-0.3, -0.25) is 9.59 Å². The molecule has 7 heteroatoms. The molecule has 5 nitrogen and oxygen atoms in total. The maximum Gasteiger partial charge on any atom is 0.267 e. The number of aromatic amines is 1. The molecule has 2 aromatic heterocycles. The van der Waals surface area contributed by atoms with E-state index < -0.39 is 0 Å². The summed E-state index contributed by atoms with van der Waals surface area (Å²) in [6, 6.07) is 8.25. The van der Waals surface area contributed by atoms with Crippen molar-refractivity contribution in [3.05, 3.63) is 56.1 Å². The van der Waals surface area contributed by atoms with E-state index in [2.05, 4.69) is 10.3 Å². The molecule has 0 aliphatic rings. The lowest BCUT2D eigenvalue weighted by atomic mass is 10.1. The van der Waals surface area contributed by atoms with E-state index in [1.165, 1.54) is 6.07 Å². The number of carbonyl (C=O) groups is 1. The molecule has 0 saturated heterocycles. The van der Waals surface area contributed by atoms with Crippen molar-refractivity contribution in [2.75, 3.05) is 11.1 Å². The third-order valence-electron chi connectivity index (χ3n) is 3.23. The second-order valence-electron chi connectivity index (χ2n) is 4.83. The molecule has 0 unspecified atom stereocenters. The van der Waals surface area contributed by atoms with Crippen LogP contribution in [0.3, 0.4) is 0 Å². The number of aromatic nitrogens is 1. The normalized spacial score (nSPS) is 10.8. The van der Waals surface area contributed by atoms with E-state index in [-0.39, 0.29) is 11.5 Å². The molecular weight excluding hydrogens is 322 g/mol. The average Bonchev–Trinajstić information content (AvgIpc) is 2.78. The summed E-state index contributed by atoms with van der Waals surface area (Å²) in [4.78, 5) is 27.6. The standard InChI is InChI=1S/C15H12ClN3O2S/c1-7-6-10(20)19-15-11(7)12(17)13(22-15)14(21)18-9-4-2-8(16)3-5-9/h2-6H,17H2,1H3,(H,18,21)(H,19,20). The van der Waals surface area contributed by atoms with Gasteiger partial charge in [-0.25, -0.2) is 0 Å². The van der Waals surface area contributed by atoms with Gasteiger partial charge >= 0.3 is 0 Å². The highest BCUT2D eigenvalue weighted by molar-refractivity contribution is 7.21. The number of hydrogen-bond acceptors (Lipinski definition) is 4. The zero-order valence-electron chi connectivity index (χ0n) is 11.6. The topological polar surface area (TPSA) is 88.0 Å². The van der Waals surface area contributed by atoms with Crippen LogP contribution in [0.5, 0.6) is 0 Å². The number of nitrogen functional groups attached to an aromatic ring is 1. The van der Waals surface area contributed by atoms with Crippen molar-refractivity contribution >= 4 is 50.4 Å². The van der Waals surface area contributed by atoms with Crippen LogP contribution in [0.1, 0.15) is 15.2 Å². The third-order valence-corrected chi connectivity index (χ3v) is 4.60. The lowest BCUT2D eigenvalue weighted by molar-refractivity contribution is 0.103. The number of H-pyrrole nitrogens is 1. The van der Waals surface area contributed by atoms with Crippen LogP contribution in [0, 0.1) is 6.92 Å². The predicted octanol–water partition coefficient (Wildman–Crippen LogP) is 3.39. The Morgan fingerprint density at radius 2 is 2.00 bits per heavy atom. The summed E-state index contributed by atoms with van der Waals surface area (Å²) in [6.07, 6.45) is 0. The summed E-state index contributed by atoms with van der Waals surface area (Å²) in [6.45, 7) is 1.79. The first-order chi connectivity index (χ1) is 10.5. The van der Waals surface area contributed by atoms with Gasteiger partial charge in [-0.05, 0) is 36.8 Å². The zero-order chi connectivity index (χ0) is 15.9. The molecule has 2 heterocycles. The molecule has 4 N–H and O–H groups in total. The van der Waals surface area contributed by atoms with Gasteiger partial charge < -0.3 is 16.0 Å². The Hall–Kier alpha value is -2.31. The van der Waals surface area contributed by atoms with E-state index >= 15 is 0 Å². The Balaban J connectivity index is 2.01. The highest BCUT2D eigenvalue weighted by Gasteiger charge is 2.18. The number of aryl methyl sites for hydroxylation is 1. The summed E-state index contributed by atoms with van der Waals surface area (Å²) >= 11 is 6.98. The van der Waals surface area contributed by atoms with Crippen LogP contribution in [0.25, 0.3) is 10.2 Å². The zero-order valence-corrected chi connectivity index (χ0v) is 13.1. The van der Waals surface area contributed by atoms with Crippen molar-refractivity contribution < 1.29 is 4.79 Å². The van der Waals surface area contributed by atoms with Gasteiger partial charge in [-0.2, -0.15) is 0 Å². The van der Waals surface area contributed by atoms with Crippen LogP contribution in [0.2, 0.25) is 5.02 Å². The minimum Gasteiger partial charge on any atom is -0.397 e. The van der Waals surface area contributed by atoms with Gasteiger partial charge in [-0.1, -0.05) is 11.6 Å². The fraction of sp³-hybridized carbons (Fsp3) is 0.0667. The van der Waals surface area contributed by atoms with Gasteiger partial charge in [-0.15, -0.1) is 11.3 Å². The molecule has 0 fully saturated rings. The molecule has 112 valence electrons. The maximum atomic E-state index is 12.4. The Bertz CT molecular complexity index is 928. The van der Waals surface area contributed by atoms with E-state index in [1.54, 1.807) is 31.2 Å². The Labute approximate surface area is 134 Å². The molecule has 3 rings (SSSR count). The smallest absolute Gasteiger partial charge is 0.267 e. The van der Waals surface area contributed by atoms with Gasteiger partial charge in [0.25, 0.3) is 5.91 Å². The third kappa shape index (κ3) is 2.58. The van der Waals surface area contributed by atoms with Gasteiger partial charge in [0.05, 0.1) is 5.69 Å². The van der Waals surface area contributed by atoms with Gasteiger partial charge in [0.15, 0.2) is 0 Å². The number of benzene rings is 1. The van der Waals surface area contributed by atoms with Gasteiger partial charge in [0, 0.05) is 22.2 Å². The molecule has 3 aromatic rings. The number of thiophene rings is 1. The quantitative estimate of drug-likeness (QED) is 0.671. The van der Waals surface area contributed by atoms with Crippen LogP contribution in [0.15, 0.2) is 35.1 Å². The highest BCUT2D eigenvalue weighted by Crippen LogP contribution is 2.34. The van der Waals surface area contributed by atoms with E-state index in [0.29, 0.717) is 31.5 Å². The van der Waals surface area contributed by atoms with Crippen LogP contribution in [0.4, 0.5) is 11.4 Å². The molecule has 0 aliphatic heterocycles. The number of hydrogen-bond donors (Lipinski definition) is 3. The molecule has 22 heavy (non-hydrogen) atoms. The Morgan fingerprint density at radius 3 is 2.68 bits per heavy atom. The van der Waals surface area contributed by atoms with Crippen LogP contribution >= 0.6 is 22.9 Å². The van der Waals surface area contributed by atoms with E-state index in [9.17, 15) is 9.59 Å². The number of carbonyl (C=O) groups excluding carboxylic acids is 1. The molecule has 0 aliphatic carbocycles. The molecule has 0 bridgehead atoms. The second-order valence-corrected chi connectivity index (χ2v) is 6.28. The second kappa shape index (κ2) is 5.47. The number of rotatable bonds is 2. The van der Waals surface area contributed by atoms with Crippen molar-refractivity contribution in [1.29, 1.82) is 0 Å². The largest absolute Gasteiger partial charge is 0.397 e. The first-order valence-corrected chi connectivity index (χ1v) is 7.64. The molecule has 0 atom stereocenters. The van der Waals surface area contributed by atoms with E-state index in [1.807, 2.05) is 0 Å². The lowest BCUT2D eigenvalue weighted by Gasteiger charge is -2.04. The minimum absolute atomic E-state index is 0.212. The van der Waals surface area contributed by atoms with Crippen molar-refractivity contribution in [2.24, 2.45) is 0 Å². The fourth-order valence-corrected chi connectivity index (χ4v) is 3.44. The van der Waals surface area contributed by atoms with Crippen LogP contribution in [-0.4, -0.2) is 10.9 Å². The number of nitrogens with one attached hydrogen (secondary N) is 2. The summed E-state index contributed by atoms with van der Waals surface area (Å²) < 4.78 is 0. The van der Waals surface area contributed by atoms with Crippen molar-refractivity contribution in [3.8, 4) is 0 Å². The molecular formula is C15H12ClN3O2S. The van der Waals surface area contributed by atoms with Gasteiger partial charge in [0.1, 0.15) is 9.71 Å². The monoisotopic (exact) mass is 333 g/mol. The fourth-order valence-electron chi connectivity index (χ4n) is 2.23. The van der Waals surface area contributed by atoms with Gasteiger partial charge in [0.2, 0.25) is 5.56 Å². The van der Waals surface area contributed by atoms with E-state index in [0.717, 1.165) is 16.9 Å². The first-order valence-electron chi connectivity index (χ1n) is 6.44. The highest BCUT2D eigenvalue weighted by atomic mass is 35.5. The number of nitrogens with two attached hydrogens (primary N) is 1. The summed E-state index contributed by atoms with van der Waals surface area (Å²) in [7, 11) is 0. The van der Waals surface area contributed by atoms with Crippen LogP contribution in [-0.2, 0) is 0 Å². The van der Waals surface area contributed by atoms with Crippen LogP contribution < -0.4 is 16.6 Å². The lowest BCUT2D eigenvalue weighted by Crippen LogP contribution is -2.11. The molecule has 1 amide bonds. The first kappa shape index (κ1) is 14.6. The molecule has 0 spiro atoms. The van der Waals surface area contributed by atoms with E-state index in [4.69, 9.17) is 17.3 Å². The molecule has 0 saturated carbocycles. The molecule has 0 radical (unpaired) electrons. The average molecular weight is 334 g/mol. The number of anilines is 2. The van der Waals surface area contributed by atoms with Crippen molar-refractivity contribution in [3.63, 3.8) is 0 Å². The minimum atomic E-state index is -0.318. The maximum absolute atomic E-state index is 12.4. The Kier molecular flexibility index (Phi) is 3.64. The summed E-state index contributed by atoms with van der Waals surface area (Å²) in [5.41, 5.74) is 7.61. The van der Waals surface area contributed by atoms with Crippen molar-refractivity contribution in [2.45, 2.75) is 6.92 Å². The summed E-state index contributed by atoms with van der Waals surface area (Å²) in [5.74, 6) is -0.318. The number of pyridine rings is 1. The van der Waals surface area contributed by atoms with Crippen molar-refractivity contribution in [1.82, 2.24) is 4.98 Å². The SMILES string of the molecule is Cc1cc(=O)[nH]c2sc(C(=O)Nc3ccc(Cl)cc3)c(N)c12. The molecule has 1 aromatic carbocycles.